The minimum atomic E-state index is -4.81. The second kappa shape index (κ2) is 5.61. The van der Waals surface area contributed by atoms with Gasteiger partial charge in [-0.1, -0.05) is 5.92 Å². The third kappa shape index (κ3) is 3.44. The van der Waals surface area contributed by atoms with Crippen LogP contribution in [-0.2, 0) is 4.79 Å². The van der Waals surface area contributed by atoms with Crippen molar-refractivity contribution in [3.8, 4) is 17.6 Å². The number of carbonyl (C=O) groups is 1. The Morgan fingerprint density at radius 3 is 2.86 bits per heavy atom. The molecule has 8 heteroatoms. The van der Waals surface area contributed by atoms with E-state index >= 15 is 0 Å². The average molecular weight is 300 g/mol. The van der Waals surface area contributed by atoms with Gasteiger partial charge in [-0.05, 0) is 18.1 Å². The minimum Gasteiger partial charge on any atom is -0.489 e. The monoisotopic (exact) mass is 300 g/mol. The molecule has 0 spiro atoms. The zero-order chi connectivity index (χ0) is 15.6. The van der Waals surface area contributed by atoms with Crippen LogP contribution in [0.3, 0.4) is 0 Å². The number of anilines is 1. The number of aliphatic hydroxyl groups is 1. The van der Waals surface area contributed by atoms with E-state index in [1.807, 2.05) is 0 Å². The molecule has 21 heavy (non-hydrogen) atoms. The fourth-order valence-corrected chi connectivity index (χ4v) is 1.62. The Morgan fingerprint density at radius 1 is 1.48 bits per heavy atom. The molecule has 2 heterocycles. The lowest BCUT2D eigenvalue weighted by molar-refractivity contribution is -0.184. The van der Waals surface area contributed by atoms with Crippen molar-refractivity contribution in [2.75, 3.05) is 18.6 Å². The Hall–Kier alpha value is -2.27. The van der Waals surface area contributed by atoms with Gasteiger partial charge in [-0.25, -0.2) is 4.98 Å². The molecule has 1 atom stereocenters. The number of ether oxygens (including phenoxy) is 1. The van der Waals surface area contributed by atoms with Gasteiger partial charge in [0.05, 0.1) is 13.0 Å². The lowest BCUT2D eigenvalue weighted by Crippen LogP contribution is -2.26. The largest absolute Gasteiger partial charge is 0.489 e. The van der Waals surface area contributed by atoms with Gasteiger partial charge in [0.1, 0.15) is 5.69 Å². The second-order valence-electron chi connectivity index (χ2n) is 4.28. The van der Waals surface area contributed by atoms with Crippen molar-refractivity contribution in [1.82, 2.24) is 4.98 Å². The Morgan fingerprint density at radius 2 is 2.19 bits per heavy atom. The SMILES string of the molecule is CN1C(=O)CCOc2ccc(C#CC(O)C(F)(F)F)nc21. The Kier molecular flexibility index (Phi) is 4.04. The molecule has 0 aliphatic carbocycles. The van der Waals surface area contributed by atoms with Crippen LogP contribution in [0.5, 0.6) is 5.75 Å². The van der Waals surface area contributed by atoms with Gasteiger partial charge in [0.25, 0.3) is 0 Å². The lowest BCUT2D eigenvalue weighted by atomic mass is 10.3. The molecule has 5 nitrogen and oxygen atoms in total. The van der Waals surface area contributed by atoms with Crippen molar-refractivity contribution in [1.29, 1.82) is 0 Å². The third-order valence-electron chi connectivity index (χ3n) is 2.75. The molecule has 0 saturated heterocycles. The van der Waals surface area contributed by atoms with Crippen LogP contribution in [0.25, 0.3) is 0 Å². The van der Waals surface area contributed by atoms with Crippen molar-refractivity contribution in [2.24, 2.45) is 0 Å². The van der Waals surface area contributed by atoms with E-state index < -0.39 is 12.3 Å². The minimum absolute atomic E-state index is 0.00204. The maximum atomic E-state index is 12.1. The quantitative estimate of drug-likeness (QED) is 0.729. The summed E-state index contributed by atoms with van der Waals surface area (Å²) in [7, 11) is 1.49. The van der Waals surface area contributed by atoms with Crippen molar-refractivity contribution in [3.63, 3.8) is 0 Å². The fraction of sp³-hybridized carbons (Fsp3) is 0.385. The molecule has 0 bridgehead atoms. The molecule has 1 amide bonds. The van der Waals surface area contributed by atoms with Gasteiger partial charge in [0.15, 0.2) is 11.6 Å². The standard InChI is InChI=1S/C13H11F3N2O3/c1-18-11(20)6-7-21-9-4-2-8(17-12(9)18)3-5-10(19)13(14,15)16/h2,4,10,19H,6-7H2,1H3. The number of aromatic nitrogens is 1. The first kappa shape index (κ1) is 15.1. The number of rotatable bonds is 0. The molecule has 1 aromatic heterocycles. The topological polar surface area (TPSA) is 62.7 Å². The normalized spacial score (nSPS) is 16.2. The van der Waals surface area contributed by atoms with Gasteiger partial charge in [0, 0.05) is 7.05 Å². The summed E-state index contributed by atoms with van der Waals surface area (Å²) < 4.78 is 41.8. The van der Waals surface area contributed by atoms with Crippen molar-refractivity contribution >= 4 is 11.7 Å². The molecule has 1 N–H and O–H groups in total. The number of aliphatic hydroxyl groups excluding tert-OH is 1. The number of amides is 1. The van der Waals surface area contributed by atoms with Crippen molar-refractivity contribution < 1.29 is 27.8 Å². The Bertz CT molecular complexity index is 619. The van der Waals surface area contributed by atoms with Gasteiger partial charge in [0.2, 0.25) is 12.0 Å². The zero-order valence-corrected chi connectivity index (χ0v) is 10.9. The molecule has 0 saturated carbocycles. The predicted octanol–water partition coefficient (Wildman–Crippen LogP) is 1.10. The maximum absolute atomic E-state index is 12.1. The summed E-state index contributed by atoms with van der Waals surface area (Å²) in [6, 6.07) is 2.83. The van der Waals surface area contributed by atoms with E-state index in [1.165, 1.54) is 24.1 Å². The number of pyridine rings is 1. The van der Waals surface area contributed by atoms with Crippen LogP contribution in [0, 0.1) is 11.8 Å². The molecule has 112 valence electrons. The van der Waals surface area contributed by atoms with Crippen LogP contribution in [0.2, 0.25) is 0 Å². The molecule has 0 fully saturated rings. The van der Waals surface area contributed by atoms with Crippen LogP contribution in [0.15, 0.2) is 12.1 Å². The molecular formula is C13H11F3N2O3. The first-order valence-corrected chi connectivity index (χ1v) is 5.96. The van der Waals surface area contributed by atoms with Gasteiger partial charge in [-0.2, -0.15) is 13.2 Å². The van der Waals surface area contributed by atoms with Gasteiger partial charge in [-0.3, -0.25) is 9.69 Å². The Balaban J connectivity index is 2.31. The Labute approximate surface area is 118 Å². The zero-order valence-electron chi connectivity index (χ0n) is 10.9. The van der Waals surface area contributed by atoms with Crippen LogP contribution in [0.1, 0.15) is 12.1 Å². The number of carbonyl (C=O) groups excluding carboxylic acids is 1. The summed E-state index contributed by atoms with van der Waals surface area (Å²) in [5.41, 5.74) is 0.00204. The van der Waals surface area contributed by atoms with E-state index in [1.54, 1.807) is 5.92 Å². The number of hydrogen-bond donors (Lipinski definition) is 1. The predicted molar refractivity (Wildman–Crippen MR) is 66.7 cm³/mol. The summed E-state index contributed by atoms with van der Waals surface area (Å²) in [5, 5.41) is 8.81. The average Bonchev–Trinajstić information content (AvgIpc) is 2.56. The van der Waals surface area contributed by atoms with Crippen LogP contribution in [-0.4, -0.2) is 41.9 Å². The summed E-state index contributed by atoms with van der Waals surface area (Å²) in [4.78, 5) is 16.9. The second-order valence-corrected chi connectivity index (χ2v) is 4.28. The molecule has 0 radical (unpaired) electrons. The fourth-order valence-electron chi connectivity index (χ4n) is 1.62. The van der Waals surface area contributed by atoms with E-state index in [-0.39, 0.29) is 30.4 Å². The van der Waals surface area contributed by atoms with Gasteiger partial charge >= 0.3 is 6.18 Å². The maximum Gasteiger partial charge on any atom is 0.425 e. The van der Waals surface area contributed by atoms with Crippen LogP contribution in [0.4, 0.5) is 19.0 Å². The van der Waals surface area contributed by atoms with Crippen molar-refractivity contribution in [3.05, 3.63) is 17.8 Å². The molecular weight excluding hydrogens is 289 g/mol. The van der Waals surface area contributed by atoms with Gasteiger partial charge in [-0.15, -0.1) is 0 Å². The van der Waals surface area contributed by atoms with E-state index in [9.17, 15) is 18.0 Å². The molecule has 1 aliphatic rings. The molecule has 0 aromatic carbocycles. The third-order valence-corrected chi connectivity index (χ3v) is 2.75. The molecule has 1 unspecified atom stereocenters. The number of nitrogens with zero attached hydrogens (tertiary/aromatic N) is 2. The first-order chi connectivity index (χ1) is 9.79. The van der Waals surface area contributed by atoms with E-state index in [0.29, 0.717) is 5.75 Å². The molecule has 1 aliphatic heterocycles. The van der Waals surface area contributed by atoms with Gasteiger partial charge < -0.3 is 9.84 Å². The first-order valence-electron chi connectivity index (χ1n) is 5.96. The highest BCUT2D eigenvalue weighted by Gasteiger charge is 2.37. The summed E-state index contributed by atoms with van der Waals surface area (Å²) in [6.45, 7) is 0.204. The number of halogens is 3. The smallest absolute Gasteiger partial charge is 0.425 e. The lowest BCUT2D eigenvalue weighted by Gasteiger charge is -2.14. The molecule has 2 rings (SSSR count). The molecule has 1 aromatic rings. The highest BCUT2D eigenvalue weighted by molar-refractivity contribution is 5.93. The number of fused-ring (bicyclic) bond motifs is 1. The van der Waals surface area contributed by atoms with E-state index in [0.717, 1.165) is 0 Å². The number of alkyl halides is 3. The summed E-state index contributed by atoms with van der Waals surface area (Å²) in [5.74, 6) is 4.11. The van der Waals surface area contributed by atoms with Crippen molar-refractivity contribution in [2.45, 2.75) is 18.7 Å². The van der Waals surface area contributed by atoms with Crippen LogP contribution >= 0.6 is 0 Å². The number of hydrogen-bond acceptors (Lipinski definition) is 4. The van der Waals surface area contributed by atoms with E-state index in [4.69, 9.17) is 9.84 Å². The van der Waals surface area contributed by atoms with Crippen LogP contribution < -0.4 is 9.64 Å². The highest BCUT2D eigenvalue weighted by Crippen LogP contribution is 2.28. The summed E-state index contributed by atoms with van der Waals surface area (Å²) in [6.07, 6.45) is -7.37. The highest BCUT2D eigenvalue weighted by atomic mass is 19.4. The summed E-state index contributed by atoms with van der Waals surface area (Å²) >= 11 is 0. The van der Waals surface area contributed by atoms with E-state index in [2.05, 4.69) is 10.9 Å².